The second kappa shape index (κ2) is 10.6. The number of benzene rings is 3. The number of amides is 2. The van der Waals surface area contributed by atoms with Crippen LogP contribution in [0.3, 0.4) is 0 Å². The summed E-state index contributed by atoms with van der Waals surface area (Å²) in [5.74, 6) is -0.814. The van der Waals surface area contributed by atoms with E-state index in [-0.39, 0.29) is 16.5 Å². The van der Waals surface area contributed by atoms with Gasteiger partial charge in [0.2, 0.25) is 5.91 Å². The van der Waals surface area contributed by atoms with E-state index in [2.05, 4.69) is 5.32 Å². The SMILES string of the molecule is Cc1ccc(NC(=O)/C(C#N)=C2/S[C@H](Cc3cccc(Cl)c3Cl)C(=O)N2c2ccc(C)cc2)cc1. The number of anilines is 2. The second-order valence-corrected chi connectivity index (χ2v) is 10.1. The lowest BCUT2D eigenvalue weighted by molar-refractivity contribution is -0.117. The Labute approximate surface area is 218 Å². The normalized spacial score (nSPS) is 16.7. The van der Waals surface area contributed by atoms with Gasteiger partial charge < -0.3 is 5.32 Å². The first-order valence-electron chi connectivity index (χ1n) is 10.8. The highest BCUT2D eigenvalue weighted by Gasteiger charge is 2.41. The van der Waals surface area contributed by atoms with Gasteiger partial charge in [-0.1, -0.05) is 82.5 Å². The minimum atomic E-state index is -0.585. The van der Waals surface area contributed by atoms with Crippen LogP contribution in [0.4, 0.5) is 11.4 Å². The molecule has 0 spiro atoms. The summed E-state index contributed by atoms with van der Waals surface area (Å²) in [7, 11) is 0. The third-order valence-electron chi connectivity index (χ3n) is 5.54. The summed E-state index contributed by atoms with van der Waals surface area (Å²) in [4.78, 5) is 28.2. The molecule has 5 nitrogen and oxygen atoms in total. The molecule has 0 bridgehead atoms. The largest absolute Gasteiger partial charge is 0.321 e. The van der Waals surface area contributed by atoms with Crippen molar-refractivity contribution in [2.45, 2.75) is 25.5 Å². The Morgan fingerprint density at radius 1 is 1.03 bits per heavy atom. The van der Waals surface area contributed by atoms with Crippen LogP contribution in [-0.4, -0.2) is 17.1 Å². The third-order valence-corrected chi connectivity index (χ3v) is 7.66. The number of thioether (sulfide) groups is 1. The highest BCUT2D eigenvalue weighted by atomic mass is 35.5. The summed E-state index contributed by atoms with van der Waals surface area (Å²) in [5.41, 5.74) is 3.80. The summed E-state index contributed by atoms with van der Waals surface area (Å²) < 4.78 is 0. The number of carbonyl (C=O) groups is 2. The Morgan fingerprint density at radius 3 is 2.29 bits per heavy atom. The fourth-order valence-electron chi connectivity index (χ4n) is 3.65. The van der Waals surface area contributed by atoms with Gasteiger partial charge >= 0.3 is 0 Å². The Bertz CT molecular complexity index is 1360. The van der Waals surface area contributed by atoms with Crippen LogP contribution in [0.5, 0.6) is 0 Å². The van der Waals surface area contributed by atoms with E-state index in [1.165, 1.54) is 16.7 Å². The standard InChI is InChI=1S/C27H21Cl2N3O2S/c1-16-6-10-19(11-7-16)31-25(33)21(15-30)27-32(20-12-8-17(2)9-13-20)26(34)23(35-27)14-18-4-3-5-22(28)24(18)29/h3-13,23H,14H2,1-2H3,(H,31,33)/b27-21+/t23-/m1/s1. The van der Waals surface area contributed by atoms with E-state index in [9.17, 15) is 14.9 Å². The predicted molar refractivity (Wildman–Crippen MR) is 143 cm³/mol. The van der Waals surface area contributed by atoms with Gasteiger partial charge in [0.1, 0.15) is 16.7 Å². The maximum atomic E-state index is 13.6. The zero-order valence-electron chi connectivity index (χ0n) is 19.0. The van der Waals surface area contributed by atoms with Crippen LogP contribution in [0.1, 0.15) is 16.7 Å². The van der Waals surface area contributed by atoms with Crippen LogP contribution >= 0.6 is 35.0 Å². The van der Waals surface area contributed by atoms with E-state index in [1.54, 1.807) is 36.4 Å². The van der Waals surface area contributed by atoms with Crippen molar-refractivity contribution in [3.63, 3.8) is 0 Å². The van der Waals surface area contributed by atoms with E-state index in [0.29, 0.717) is 27.8 Å². The topological polar surface area (TPSA) is 73.2 Å². The zero-order valence-corrected chi connectivity index (χ0v) is 21.3. The molecule has 35 heavy (non-hydrogen) atoms. The minimum Gasteiger partial charge on any atom is -0.321 e. The van der Waals surface area contributed by atoms with Crippen LogP contribution in [0, 0.1) is 25.2 Å². The lowest BCUT2D eigenvalue weighted by Crippen LogP contribution is -2.31. The first kappa shape index (κ1) is 24.9. The Hall–Kier alpha value is -3.24. The molecule has 1 saturated heterocycles. The number of nitrogens with one attached hydrogen (secondary N) is 1. The Morgan fingerprint density at radius 2 is 1.66 bits per heavy atom. The molecule has 0 aliphatic carbocycles. The molecule has 1 aliphatic heterocycles. The molecule has 1 fully saturated rings. The van der Waals surface area contributed by atoms with Crippen LogP contribution in [0.25, 0.3) is 0 Å². The van der Waals surface area contributed by atoms with Crippen molar-refractivity contribution < 1.29 is 9.59 Å². The molecule has 4 rings (SSSR count). The van der Waals surface area contributed by atoms with E-state index in [0.717, 1.165) is 16.7 Å². The van der Waals surface area contributed by atoms with Gasteiger partial charge in [0, 0.05) is 11.4 Å². The molecule has 1 N–H and O–H groups in total. The maximum absolute atomic E-state index is 13.6. The quantitative estimate of drug-likeness (QED) is 0.300. The number of hydrogen-bond acceptors (Lipinski definition) is 4. The van der Waals surface area contributed by atoms with Gasteiger partial charge in [0.15, 0.2) is 0 Å². The van der Waals surface area contributed by atoms with Crippen molar-refractivity contribution in [3.8, 4) is 6.07 Å². The average molecular weight is 522 g/mol. The number of nitriles is 1. The van der Waals surface area contributed by atoms with Crippen molar-refractivity contribution in [1.82, 2.24) is 0 Å². The molecular formula is C27H21Cl2N3O2S. The summed E-state index contributed by atoms with van der Waals surface area (Å²) in [6.07, 6.45) is 0.299. The maximum Gasteiger partial charge on any atom is 0.269 e. The van der Waals surface area contributed by atoms with Gasteiger partial charge in [-0.05, 0) is 56.2 Å². The molecule has 8 heteroatoms. The number of rotatable bonds is 5. The molecule has 0 aromatic heterocycles. The highest BCUT2D eigenvalue weighted by molar-refractivity contribution is 8.05. The van der Waals surface area contributed by atoms with Crippen molar-refractivity contribution >= 4 is 58.2 Å². The van der Waals surface area contributed by atoms with Crippen molar-refractivity contribution in [1.29, 1.82) is 5.26 Å². The summed E-state index contributed by atoms with van der Waals surface area (Å²) in [6, 6.07) is 21.9. The molecule has 1 atom stereocenters. The monoisotopic (exact) mass is 521 g/mol. The van der Waals surface area contributed by atoms with E-state index < -0.39 is 11.2 Å². The summed E-state index contributed by atoms with van der Waals surface area (Å²) >= 11 is 13.7. The smallest absolute Gasteiger partial charge is 0.269 e. The summed E-state index contributed by atoms with van der Waals surface area (Å²) in [5, 5.41) is 13.2. The van der Waals surface area contributed by atoms with Crippen molar-refractivity contribution in [2.24, 2.45) is 0 Å². The highest BCUT2D eigenvalue weighted by Crippen LogP contribution is 2.43. The van der Waals surface area contributed by atoms with Crippen LogP contribution in [0.15, 0.2) is 77.3 Å². The van der Waals surface area contributed by atoms with Crippen molar-refractivity contribution in [3.05, 3.63) is 104 Å². The number of aryl methyl sites for hydroxylation is 2. The molecule has 1 heterocycles. The minimum absolute atomic E-state index is 0.135. The lowest BCUT2D eigenvalue weighted by atomic mass is 10.1. The third kappa shape index (κ3) is 5.38. The van der Waals surface area contributed by atoms with Gasteiger partial charge in [-0.2, -0.15) is 5.26 Å². The lowest BCUT2D eigenvalue weighted by Gasteiger charge is -2.19. The predicted octanol–water partition coefficient (Wildman–Crippen LogP) is 6.68. The fourth-order valence-corrected chi connectivity index (χ4v) is 5.34. The first-order chi connectivity index (χ1) is 16.8. The number of hydrogen-bond donors (Lipinski definition) is 1. The molecule has 0 radical (unpaired) electrons. The van der Waals surface area contributed by atoms with Crippen LogP contribution < -0.4 is 10.2 Å². The molecule has 3 aromatic rings. The first-order valence-corrected chi connectivity index (χ1v) is 12.4. The van der Waals surface area contributed by atoms with Gasteiger partial charge in [0.25, 0.3) is 5.91 Å². The molecule has 3 aromatic carbocycles. The molecule has 1 aliphatic rings. The average Bonchev–Trinajstić information content (AvgIpc) is 3.15. The van der Waals surface area contributed by atoms with Crippen LogP contribution in [-0.2, 0) is 16.0 Å². The van der Waals surface area contributed by atoms with Crippen molar-refractivity contribution in [2.75, 3.05) is 10.2 Å². The fraction of sp³-hybridized carbons (Fsp3) is 0.148. The second-order valence-electron chi connectivity index (χ2n) is 8.14. The number of carbonyl (C=O) groups excluding carboxylic acids is 2. The van der Waals surface area contributed by atoms with Crippen LogP contribution in [0.2, 0.25) is 10.0 Å². The number of nitrogens with zero attached hydrogens (tertiary/aromatic N) is 2. The Kier molecular flexibility index (Phi) is 7.51. The van der Waals surface area contributed by atoms with Gasteiger partial charge in [-0.25, -0.2) is 0 Å². The van der Waals surface area contributed by atoms with E-state index in [1.807, 2.05) is 50.2 Å². The molecule has 176 valence electrons. The molecular weight excluding hydrogens is 501 g/mol. The van der Waals surface area contributed by atoms with E-state index >= 15 is 0 Å². The number of halogens is 2. The van der Waals surface area contributed by atoms with Gasteiger partial charge in [-0.3, -0.25) is 14.5 Å². The molecule has 0 saturated carbocycles. The zero-order chi connectivity index (χ0) is 25.1. The summed E-state index contributed by atoms with van der Waals surface area (Å²) in [6.45, 7) is 3.89. The van der Waals surface area contributed by atoms with E-state index in [4.69, 9.17) is 23.2 Å². The Balaban J connectivity index is 1.74. The van der Waals surface area contributed by atoms with Gasteiger partial charge in [-0.15, -0.1) is 0 Å². The van der Waals surface area contributed by atoms with Gasteiger partial charge in [0.05, 0.1) is 15.3 Å². The molecule has 0 unspecified atom stereocenters. The molecule has 2 amide bonds.